The lowest BCUT2D eigenvalue weighted by Crippen LogP contribution is -1.97. The molecule has 0 spiro atoms. The molecule has 4 heteroatoms. The zero-order valence-electron chi connectivity index (χ0n) is 10.3. The minimum Gasteiger partial charge on any atom is -0.495 e. The van der Waals surface area contributed by atoms with Gasteiger partial charge in [-0.05, 0) is 36.8 Å². The third-order valence-electron chi connectivity index (χ3n) is 2.66. The van der Waals surface area contributed by atoms with Gasteiger partial charge in [0.15, 0.2) is 6.29 Å². The minimum absolute atomic E-state index is 0.520. The van der Waals surface area contributed by atoms with Gasteiger partial charge in [0.2, 0.25) is 0 Å². The van der Waals surface area contributed by atoms with Crippen molar-refractivity contribution in [2.24, 2.45) is 0 Å². The van der Waals surface area contributed by atoms with Gasteiger partial charge in [0.1, 0.15) is 5.75 Å². The van der Waals surface area contributed by atoms with Gasteiger partial charge in [-0.25, -0.2) is 0 Å². The first kappa shape index (κ1) is 12.1. The minimum atomic E-state index is 0.520. The number of hydrogen-bond donors (Lipinski definition) is 1. The summed E-state index contributed by atoms with van der Waals surface area (Å²) in [5.41, 5.74) is 9.23. The van der Waals surface area contributed by atoms with Gasteiger partial charge in [-0.1, -0.05) is 0 Å². The smallest absolute Gasteiger partial charge is 0.153 e. The number of pyridine rings is 1. The van der Waals surface area contributed by atoms with Crippen LogP contribution in [-0.2, 0) is 0 Å². The fraction of sp³-hybridized carbons (Fsp3) is 0.143. The summed E-state index contributed by atoms with van der Waals surface area (Å²) < 4.78 is 5.30. The topological polar surface area (TPSA) is 65.2 Å². The number of aldehydes is 1. The number of hydrogen-bond acceptors (Lipinski definition) is 4. The van der Waals surface area contributed by atoms with E-state index in [9.17, 15) is 4.79 Å². The van der Waals surface area contributed by atoms with Crippen LogP contribution in [0.2, 0.25) is 0 Å². The van der Waals surface area contributed by atoms with Crippen LogP contribution in [0.15, 0.2) is 30.5 Å². The number of carbonyl (C=O) groups is 1. The van der Waals surface area contributed by atoms with Crippen molar-refractivity contribution in [3.05, 3.63) is 41.6 Å². The summed E-state index contributed by atoms with van der Waals surface area (Å²) in [5, 5.41) is 0. The number of nitrogen functional groups attached to an aromatic ring is 1. The maximum atomic E-state index is 11.1. The number of carbonyl (C=O) groups excluding carboxylic acids is 1. The molecule has 0 aliphatic rings. The highest BCUT2D eigenvalue weighted by Crippen LogP contribution is 2.32. The van der Waals surface area contributed by atoms with E-state index in [1.54, 1.807) is 31.5 Å². The monoisotopic (exact) mass is 242 g/mol. The molecule has 0 atom stereocenters. The standard InChI is InChI=1S/C14H14N2O2/c1-9-5-10(8-17)14(18-2)12(6-9)13-4-3-11(15)7-16-13/h3-8H,15H2,1-2H3. The zero-order valence-corrected chi connectivity index (χ0v) is 10.3. The summed E-state index contributed by atoms with van der Waals surface area (Å²) in [7, 11) is 1.54. The van der Waals surface area contributed by atoms with E-state index in [0.29, 0.717) is 17.0 Å². The number of nitrogens with zero attached hydrogens (tertiary/aromatic N) is 1. The number of methoxy groups -OCH3 is 1. The van der Waals surface area contributed by atoms with E-state index in [-0.39, 0.29) is 0 Å². The third-order valence-corrected chi connectivity index (χ3v) is 2.66. The van der Waals surface area contributed by atoms with Gasteiger partial charge < -0.3 is 10.5 Å². The predicted molar refractivity (Wildman–Crippen MR) is 70.8 cm³/mol. The van der Waals surface area contributed by atoms with Gasteiger partial charge in [-0.15, -0.1) is 0 Å². The van der Waals surface area contributed by atoms with Crippen LogP contribution in [0.1, 0.15) is 15.9 Å². The number of rotatable bonds is 3. The zero-order chi connectivity index (χ0) is 13.1. The number of aryl methyl sites for hydroxylation is 1. The summed E-state index contributed by atoms with van der Waals surface area (Å²) >= 11 is 0. The van der Waals surface area contributed by atoms with Gasteiger partial charge in [0.25, 0.3) is 0 Å². The van der Waals surface area contributed by atoms with Gasteiger partial charge in [-0.3, -0.25) is 9.78 Å². The molecule has 2 aromatic rings. The van der Waals surface area contributed by atoms with Crippen LogP contribution in [0.4, 0.5) is 5.69 Å². The molecule has 0 saturated heterocycles. The van der Waals surface area contributed by atoms with E-state index in [0.717, 1.165) is 23.1 Å². The average molecular weight is 242 g/mol. The van der Waals surface area contributed by atoms with Crippen molar-refractivity contribution >= 4 is 12.0 Å². The Morgan fingerprint density at radius 1 is 1.33 bits per heavy atom. The molecule has 0 aliphatic carbocycles. The SMILES string of the molecule is COc1c(C=O)cc(C)cc1-c1ccc(N)cn1. The lowest BCUT2D eigenvalue weighted by atomic mass is 10.0. The Balaban J connectivity index is 2.65. The number of aromatic nitrogens is 1. The molecule has 1 heterocycles. The van der Waals surface area contributed by atoms with Crippen molar-refractivity contribution < 1.29 is 9.53 Å². The van der Waals surface area contributed by atoms with Crippen LogP contribution >= 0.6 is 0 Å². The third kappa shape index (κ3) is 2.18. The van der Waals surface area contributed by atoms with E-state index in [1.807, 2.05) is 13.0 Å². The van der Waals surface area contributed by atoms with Crippen LogP contribution in [0.25, 0.3) is 11.3 Å². The van der Waals surface area contributed by atoms with Crippen LogP contribution in [0.3, 0.4) is 0 Å². The number of nitrogens with two attached hydrogens (primary N) is 1. The highest BCUT2D eigenvalue weighted by atomic mass is 16.5. The van der Waals surface area contributed by atoms with E-state index >= 15 is 0 Å². The summed E-state index contributed by atoms with van der Waals surface area (Å²) in [4.78, 5) is 15.3. The predicted octanol–water partition coefficient (Wildman–Crippen LogP) is 2.46. The van der Waals surface area contributed by atoms with E-state index in [1.165, 1.54) is 0 Å². The molecule has 2 N–H and O–H groups in total. The number of ether oxygens (including phenoxy) is 1. The molecule has 0 fully saturated rings. The van der Waals surface area contributed by atoms with Gasteiger partial charge in [-0.2, -0.15) is 0 Å². The van der Waals surface area contributed by atoms with E-state index in [4.69, 9.17) is 10.5 Å². The lowest BCUT2D eigenvalue weighted by Gasteiger charge is -2.11. The Morgan fingerprint density at radius 2 is 2.11 bits per heavy atom. The fourth-order valence-electron chi connectivity index (χ4n) is 1.87. The van der Waals surface area contributed by atoms with Gasteiger partial charge in [0.05, 0.1) is 30.3 Å². The molecule has 0 amide bonds. The maximum absolute atomic E-state index is 11.1. The highest BCUT2D eigenvalue weighted by Gasteiger charge is 2.12. The molecule has 0 unspecified atom stereocenters. The fourth-order valence-corrected chi connectivity index (χ4v) is 1.87. The summed E-state index contributed by atoms with van der Waals surface area (Å²) in [6.45, 7) is 1.92. The number of anilines is 1. The number of benzene rings is 1. The highest BCUT2D eigenvalue weighted by molar-refractivity contribution is 5.86. The molecule has 18 heavy (non-hydrogen) atoms. The normalized spacial score (nSPS) is 10.1. The summed E-state index contributed by atoms with van der Waals surface area (Å²) in [6, 6.07) is 7.29. The summed E-state index contributed by atoms with van der Waals surface area (Å²) in [6.07, 6.45) is 2.37. The quantitative estimate of drug-likeness (QED) is 0.840. The Kier molecular flexibility index (Phi) is 3.28. The van der Waals surface area contributed by atoms with Crippen molar-refractivity contribution in [2.45, 2.75) is 6.92 Å². The molecule has 0 radical (unpaired) electrons. The second-order valence-electron chi connectivity index (χ2n) is 4.03. The Hall–Kier alpha value is -2.36. The first-order valence-corrected chi connectivity index (χ1v) is 5.51. The molecule has 0 saturated carbocycles. The van der Waals surface area contributed by atoms with Crippen molar-refractivity contribution in [1.82, 2.24) is 4.98 Å². The van der Waals surface area contributed by atoms with Crippen LogP contribution < -0.4 is 10.5 Å². The summed E-state index contributed by atoms with van der Waals surface area (Å²) in [5.74, 6) is 0.535. The lowest BCUT2D eigenvalue weighted by molar-refractivity contribution is 0.112. The maximum Gasteiger partial charge on any atom is 0.153 e. The molecule has 92 valence electrons. The van der Waals surface area contributed by atoms with Crippen LogP contribution in [-0.4, -0.2) is 18.4 Å². The Bertz CT molecular complexity index is 577. The van der Waals surface area contributed by atoms with Crippen LogP contribution in [0.5, 0.6) is 5.75 Å². The van der Waals surface area contributed by atoms with Crippen molar-refractivity contribution in [3.8, 4) is 17.0 Å². The molecule has 4 nitrogen and oxygen atoms in total. The van der Waals surface area contributed by atoms with Crippen molar-refractivity contribution in [1.29, 1.82) is 0 Å². The van der Waals surface area contributed by atoms with Gasteiger partial charge >= 0.3 is 0 Å². The van der Waals surface area contributed by atoms with Crippen molar-refractivity contribution in [3.63, 3.8) is 0 Å². The van der Waals surface area contributed by atoms with Crippen LogP contribution in [0, 0.1) is 6.92 Å². The molecular weight excluding hydrogens is 228 g/mol. The molecule has 1 aromatic heterocycles. The van der Waals surface area contributed by atoms with Gasteiger partial charge in [0, 0.05) is 5.56 Å². The van der Waals surface area contributed by atoms with Crippen molar-refractivity contribution in [2.75, 3.05) is 12.8 Å². The molecule has 0 aliphatic heterocycles. The van der Waals surface area contributed by atoms with E-state index in [2.05, 4.69) is 4.98 Å². The molecule has 2 rings (SSSR count). The molecular formula is C14H14N2O2. The second-order valence-corrected chi connectivity index (χ2v) is 4.03. The Morgan fingerprint density at radius 3 is 2.67 bits per heavy atom. The first-order chi connectivity index (χ1) is 8.65. The average Bonchev–Trinajstić information content (AvgIpc) is 2.38. The largest absolute Gasteiger partial charge is 0.495 e. The second kappa shape index (κ2) is 4.87. The first-order valence-electron chi connectivity index (χ1n) is 5.51. The molecule has 1 aromatic carbocycles. The van der Waals surface area contributed by atoms with E-state index < -0.39 is 0 Å². The molecule has 0 bridgehead atoms. The Labute approximate surface area is 105 Å².